The predicted molar refractivity (Wildman–Crippen MR) is 80.0 cm³/mol. The van der Waals surface area contributed by atoms with Crippen LogP contribution in [0.3, 0.4) is 0 Å². The Morgan fingerprint density at radius 2 is 1.83 bits per heavy atom. The zero-order valence-corrected chi connectivity index (χ0v) is 12.3. The minimum atomic E-state index is 0.152. The van der Waals surface area contributed by atoms with Crippen molar-refractivity contribution in [1.82, 2.24) is 5.32 Å². The van der Waals surface area contributed by atoms with Gasteiger partial charge in [-0.25, -0.2) is 0 Å². The number of hydrogen-bond acceptors (Lipinski definition) is 2. The lowest BCUT2D eigenvalue weighted by Gasteiger charge is -2.26. The van der Waals surface area contributed by atoms with E-state index in [-0.39, 0.29) is 11.5 Å². The molecule has 0 aliphatic carbocycles. The van der Waals surface area contributed by atoms with Gasteiger partial charge in [0.1, 0.15) is 0 Å². The molecule has 0 heterocycles. The van der Waals surface area contributed by atoms with Crippen molar-refractivity contribution in [3.8, 4) is 0 Å². The molecule has 0 fully saturated rings. The number of nitrogens with two attached hydrogens (primary N) is 1. The van der Waals surface area contributed by atoms with Crippen LogP contribution in [-0.2, 0) is 11.8 Å². The average Bonchev–Trinajstić information content (AvgIpc) is 2.29. The molecular weight excluding hydrogens is 220 g/mol. The molecule has 0 spiro atoms. The van der Waals surface area contributed by atoms with E-state index in [4.69, 9.17) is 5.73 Å². The van der Waals surface area contributed by atoms with Crippen LogP contribution in [0.15, 0.2) is 24.3 Å². The summed E-state index contributed by atoms with van der Waals surface area (Å²) in [5.74, 6) is 0. The largest absolute Gasteiger partial charge is 0.327 e. The summed E-state index contributed by atoms with van der Waals surface area (Å²) in [6.45, 7) is 10.6. The maximum atomic E-state index is 5.75. The monoisotopic (exact) mass is 248 g/mol. The lowest BCUT2D eigenvalue weighted by atomic mass is 9.84. The smallest absolute Gasteiger partial charge is 0.0136 e. The zero-order chi connectivity index (χ0) is 13.6. The summed E-state index contributed by atoms with van der Waals surface area (Å²) >= 11 is 0. The summed E-state index contributed by atoms with van der Waals surface area (Å²) in [7, 11) is 0. The maximum absolute atomic E-state index is 5.75. The Hall–Kier alpha value is -0.860. The van der Waals surface area contributed by atoms with E-state index in [1.54, 1.807) is 0 Å². The second kappa shape index (κ2) is 6.91. The zero-order valence-electron chi connectivity index (χ0n) is 12.3. The first-order valence-electron chi connectivity index (χ1n) is 7.01. The molecule has 102 valence electrons. The topological polar surface area (TPSA) is 38.0 Å². The fourth-order valence-electron chi connectivity index (χ4n) is 2.13. The molecule has 2 nitrogen and oxygen atoms in total. The molecule has 0 radical (unpaired) electrons. The third-order valence-electron chi connectivity index (χ3n) is 3.31. The molecule has 0 amide bonds. The highest BCUT2D eigenvalue weighted by Gasteiger charge is 2.19. The molecule has 0 aliphatic heterocycles. The van der Waals surface area contributed by atoms with Gasteiger partial charge in [-0.3, -0.25) is 0 Å². The van der Waals surface area contributed by atoms with Crippen molar-refractivity contribution in [2.75, 3.05) is 13.1 Å². The van der Waals surface area contributed by atoms with Gasteiger partial charge in [-0.05, 0) is 24.5 Å². The molecule has 0 bridgehead atoms. The lowest BCUT2D eigenvalue weighted by molar-refractivity contribution is 0.458. The highest BCUT2D eigenvalue weighted by molar-refractivity contribution is 5.28. The SMILES string of the molecule is CCCc1ccc(C(C)(C)CNCC(C)N)cc1. The van der Waals surface area contributed by atoms with Gasteiger partial charge in [0.25, 0.3) is 0 Å². The van der Waals surface area contributed by atoms with Crippen LogP contribution in [0.5, 0.6) is 0 Å². The lowest BCUT2D eigenvalue weighted by Crippen LogP contribution is -2.38. The molecule has 1 rings (SSSR count). The van der Waals surface area contributed by atoms with E-state index in [9.17, 15) is 0 Å². The van der Waals surface area contributed by atoms with Crippen LogP contribution in [0.2, 0.25) is 0 Å². The summed E-state index contributed by atoms with van der Waals surface area (Å²) < 4.78 is 0. The van der Waals surface area contributed by atoms with Crippen molar-refractivity contribution in [3.63, 3.8) is 0 Å². The first-order valence-corrected chi connectivity index (χ1v) is 7.01. The summed E-state index contributed by atoms with van der Waals surface area (Å²) in [4.78, 5) is 0. The predicted octanol–water partition coefficient (Wildman–Crippen LogP) is 2.85. The quantitative estimate of drug-likeness (QED) is 0.778. The van der Waals surface area contributed by atoms with E-state index >= 15 is 0 Å². The second-order valence-corrected chi connectivity index (χ2v) is 5.94. The number of hydrogen-bond donors (Lipinski definition) is 2. The van der Waals surface area contributed by atoms with Gasteiger partial charge in [-0.15, -0.1) is 0 Å². The van der Waals surface area contributed by atoms with E-state index in [0.29, 0.717) is 0 Å². The van der Waals surface area contributed by atoms with Gasteiger partial charge in [-0.2, -0.15) is 0 Å². The van der Waals surface area contributed by atoms with Gasteiger partial charge in [0.2, 0.25) is 0 Å². The van der Waals surface area contributed by atoms with Gasteiger partial charge in [0, 0.05) is 24.5 Å². The van der Waals surface area contributed by atoms with E-state index in [0.717, 1.165) is 13.1 Å². The summed E-state index contributed by atoms with van der Waals surface area (Å²) in [5, 5.41) is 3.44. The Morgan fingerprint density at radius 1 is 1.22 bits per heavy atom. The first kappa shape index (κ1) is 15.2. The number of benzene rings is 1. The Bertz CT molecular complexity index is 339. The van der Waals surface area contributed by atoms with Crippen LogP contribution in [0.4, 0.5) is 0 Å². The van der Waals surface area contributed by atoms with E-state index in [1.165, 1.54) is 24.0 Å². The number of aryl methyl sites for hydroxylation is 1. The fraction of sp³-hybridized carbons (Fsp3) is 0.625. The summed E-state index contributed by atoms with van der Waals surface area (Å²) in [6.07, 6.45) is 2.38. The number of rotatable bonds is 7. The fourth-order valence-corrected chi connectivity index (χ4v) is 2.13. The van der Waals surface area contributed by atoms with E-state index in [1.807, 2.05) is 6.92 Å². The Morgan fingerprint density at radius 3 is 2.33 bits per heavy atom. The van der Waals surface area contributed by atoms with Crippen LogP contribution >= 0.6 is 0 Å². The molecule has 2 heteroatoms. The first-order chi connectivity index (χ1) is 8.45. The minimum absolute atomic E-state index is 0.152. The van der Waals surface area contributed by atoms with Gasteiger partial charge in [-0.1, -0.05) is 51.5 Å². The molecule has 1 aromatic rings. The molecule has 1 aromatic carbocycles. The van der Waals surface area contributed by atoms with Gasteiger partial charge in [0.05, 0.1) is 0 Å². The Kier molecular flexibility index (Phi) is 5.83. The molecule has 1 atom stereocenters. The molecule has 1 unspecified atom stereocenters. The van der Waals surface area contributed by atoms with Gasteiger partial charge < -0.3 is 11.1 Å². The Balaban J connectivity index is 2.60. The molecule has 0 aliphatic rings. The maximum Gasteiger partial charge on any atom is 0.0136 e. The van der Waals surface area contributed by atoms with Crippen molar-refractivity contribution in [1.29, 1.82) is 0 Å². The Labute approximate surface area is 112 Å². The summed E-state index contributed by atoms with van der Waals surface area (Å²) in [5.41, 5.74) is 8.72. The standard InChI is InChI=1S/C16H28N2/c1-5-6-14-7-9-15(10-8-14)16(3,4)12-18-11-13(2)17/h7-10,13,18H,5-6,11-12,17H2,1-4H3. The highest BCUT2D eigenvalue weighted by atomic mass is 14.9. The number of nitrogens with one attached hydrogen (secondary N) is 1. The van der Waals surface area contributed by atoms with Crippen molar-refractivity contribution in [2.45, 2.75) is 52.0 Å². The molecule has 3 N–H and O–H groups in total. The van der Waals surface area contributed by atoms with Crippen LogP contribution in [0.25, 0.3) is 0 Å². The van der Waals surface area contributed by atoms with Crippen molar-refractivity contribution >= 4 is 0 Å². The third-order valence-corrected chi connectivity index (χ3v) is 3.31. The molecular formula is C16H28N2. The van der Waals surface area contributed by atoms with Crippen LogP contribution in [0, 0.1) is 0 Å². The molecule has 0 saturated carbocycles. The normalized spacial score (nSPS) is 13.6. The van der Waals surface area contributed by atoms with Crippen LogP contribution < -0.4 is 11.1 Å². The van der Waals surface area contributed by atoms with E-state index in [2.05, 4.69) is 50.4 Å². The van der Waals surface area contributed by atoms with Crippen LogP contribution in [-0.4, -0.2) is 19.1 Å². The molecule has 0 aromatic heterocycles. The third kappa shape index (κ3) is 4.79. The van der Waals surface area contributed by atoms with Crippen molar-refractivity contribution in [2.24, 2.45) is 5.73 Å². The summed E-state index contributed by atoms with van der Waals surface area (Å²) in [6, 6.07) is 9.25. The highest BCUT2D eigenvalue weighted by Crippen LogP contribution is 2.22. The van der Waals surface area contributed by atoms with Crippen molar-refractivity contribution in [3.05, 3.63) is 35.4 Å². The molecule has 0 saturated heterocycles. The second-order valence-electron chi connectivity index (χ2n) is 5.94. The average molecular weight is 248 g/mol. The molecule has 18 heavy (non-hydrogen) atoms. The van der Waals surface area contributed by atoms with Gasteiger partial charge in [0.15, 0.2) is 0 Å². The van der Waals surface area contributed by atoms with Gasteiger partial charge >= 0.3 is 0 Å². The minimum Gasteiger partial charge on any atom is -0.327 e. The van der Waals surface area contributed by atoms with Crippen LogP contribution in [0.1, 0.15) is 45.2 Å². The van der Waals surface area contributed by atoms with Crippen molar-refractivity contribution < 1.29 is 0 Å². The van der Waals surface area contributed by atoms with E-state index < -0.39 is 0 Å².